The molecule has 6 atom stereocenters. The van der Waals surface area contributed by atoms with Crippen molar-refractivity contribution in [2.45, 2.75) is 58.8 Å². The third-order valence-corrected chi connectivity index (χ3v) is 8.53. The molecule has 2 nitrogen and oxygen atoms in total. The molecule has 0 bridgehead atoms. The lowest BCUT2D eigenvalue weighted by molar-refractivity contribution is -0.0862. The Bertz CT molecular complexity index is 752. The Kier molecular flexibility index (Phi) is 2.95. The van der Waals surface area contributed by atoms with E-state index in [0.717, 1.165) is 42.3 Å². The average molecular weight is 321 g/mol. The van der Waals surface area contributed by atoms with Gasteiger partial charge in [0.15, 0.2) is 0 Å². The summed E-state index contributed by atoms with van der Waals surface area (Å²) in [5.41, 5.74) is 3.36. The van der Waals surface area contributed by atoms with Crippen LogP contribution in [0.15, 0.2) is 22.4 Å². The second kappa shape index (κ2) is 4.78. The zero-order valence-electron chi connectivity index (χ0n) is 14.8. The molecule has 5 rings (SSSR count). The maximum Gasteiger partial charge on any atom is 0.140 e. The smallest absolute Gasteiger partial charge is 0.140 e. The minimum Gasteiger partial charge on any atom is -0.361 e. The SMILES string of the molecule is C#CC1=CC[C@H]2[C@@H]3CC[C@H]4Cc5oncc5C[C@]4(C)[C@H]3CC[C@]12C. The fourth-order valence-electron chi connectivity index (χ4n) is 7.17. The Morgan fingerprint density at radius 3 is 2.96 bits per heavy atom. The molecular weight excluding hydrogens is 294 g/mol. The molecule has 0 amide bonds. The molecule has 1 aromatic rings. The van der Waals surface area contributed by atoms with E-state index in [1.807, 2.05) is 6.20 Å². The molecular formula is C22H27NO. The van der Waals surface area contributed by atoms with Crippen molar-refractivity contribution in [1.29, 1.82) is 0 Å². The zero-order chi connectivity index (χ0) is 16.5. The van der Waals surface area contributed by atoms with E-state index in [1.165, 1.54) is 43.2 Å². The second-order valence-corrected chi connectivity index (χ2v) is 9.27. The monoisotopic (exact) mass is 321 g/mol. The van der Waals surface area contributed by atoms with Gasteiger partial charge in [0.1, 0.15) is 5.76 Å². The first-order chi connectivity index (χ1) is 11.6. The molecule has 1 heterocycles. The standard InChI is InChI=1S/C22H27NO/c1-4-15-6-8-18-17-7-5-16-11-20-14(13-23-24-20)12-22(16,3)19(17)9-10-21(15,18)2/h1,6,13,16-19H,5,7-12H2,2-3H3/t16-,17-,18-,19-,21+,22-/m0/s1. The van der Waals surface area contributed by atoms with Crippen LogP contribution < -0.4 is 0 Å². The topological polar surface area (TPSA) is 26.0 Å². The molecule has 4 aliphatic carbocycles. The van der Waals surface area contributed by atoms with Crippen molar-refractivity contribution in [3.05, 3.63) is 29.2 Å². The number of rotatable bonds is 0. The first-order valence-electron chi connectivity index (χ1n) is 9.66. The van der Waals surface area contributed by atoms with Gasteiger partial charge >= 0.3 is 0 Å². The molecule has 0 spiro atoms. The van der Waals surface area contributed by atoms with Gasteiger partial charge in [0.25, 0.3) is 0 Å². The predicted octanol–water partition coefficient (Wildman–Crippen LogP) is 4.80. The van der Waals surface area contributed by atoms with E-state index in [9.17, 15) is 0 Å². The van der Waals surface area contributed by atoms with Gasteiger partial charge in [0.2, 0.25) is 0 Å². The summed E-state index contributed by atoms with van der Waals surface area (Å²) in [7, 11) is 0. The first kappa shape index (κ1) is 14.8. The van der Waals surface area contributed by atoms with E-state index in [0.29, 0.717) is 5.41 Å². The average Bonchev–Trinajstić information content (AvgIpc) is 3.14. The molecule has 24 heavy (non-hydrogen) atoms. The quantitative estimate of drug-likeness (QED) is 0.641. The molecule has 0 aromatic carbocycles. The van der Waals surface area contributed by atoms with Crippen molar-refractivity contribution in [1.82, 2.24) is 5.16 Å². The van der Waals surface area contributed by atoms with Crippen LogP contribution in [0.2, 0.25) is 0 Å². The summed E-state index contributed by atoms with van der Waals surface area (Å²) in [5.74, 6) is 7.39. The summed E-state index contributed by atoms with van der Waals surface area (Å²) in [6.45, 7) is 5.01. The largest absolute Gasteiger partial charge is 0.361 e. The zero-order valence-corrected chi connectivity index (χ0v) is 14.8. The van der Waals surface area contributed by atoms with Crippen LogP contribution in [0, 0.1) is 46.8 Å². The molecule has 2 heteroatoms. The first-order valence-corrected chi connectivity index (χ1v) is 9.66. The summed E-state index contributed by atoms with van der Waals surface area (Å²) in [6, 6.07) is 0. The summed E-state index contributed by atoms with van der Waals surface area (Å²) in [4.78, 5) is 0. The molecule has 0 radical (unpaired) electrons. The highest BCUT2D eigenvalue weighted by atomic mass is 16.5. The van der Waals surface area contributed by atoms with Crippen LogP contribution in [0.3, 0.4) is 0 Å². The number of fused-ring (bicyclic) bond motifs is 6. The Balaban J connectivity index is 1.50. The van der Waals surface area contributed by atoms with Gasteiger partial charge in [-0.2, -0.15) is 0 Å². The molecule has 0 unspecified atom stereocenters. The van der Waals surface area contributed by atoms with Crippen molar-refractivity contribution in [3.63, 3.8) is 0 Å². The Morgan fingerprint density at radius 2 is 2.12 bits per heavy atom. The normalized spacial score (nSPS) is 46.1. The van der Waals surface area contributed by atoms with Crippen molar-refractivity contribution < 1.29 is 4.52 Å². The van der Waals surface area contributed by atoms with Crippen LogP contribution in [0.1, 0.15) is 57.3 Å². The molecule has 1 aromatic heterocycles. The van der Waals surface area contributed by atoms with Crippen LogP contribution in [-0.4, -0.2) is 5.16 Å². The second-order valence-electron chi connectivity index (χ2n) is 9.27. The van der Waals surface area contributed by atoms with Crippen LogP contribution in [-0.2, 0) is 12.8 Å². The summed E-state index contributed by atoms with van der Waals surface area (Å²) < 4.78 is 5.52. The highest BCUT2D eigenvalue weighted by Crippen LogP contribution is 2.65. The predicted molar refractivity (Wildman–Crippen MR) is 94.1 cm³/mol. The molecule has 2 fully saturated rings. The van der Waals surface area contributed by atoms with E-state index in [2.05, 4.69) is 31.0 Å². The van der Waals surface area contributed by atoms with E-state index in [1.54, 1.807) is 0 Å². The fourth-order valence-corrected chi connectivity index (χ4v) is 7.17. The lowest BCUT2D eigenvalue weighted by Crippen LogP contribution is -2.53. The molecule has 4 aliphatic rings. The number of hydrogen-bond acceptors (Lipinski definition) is 2. The maximum atomic E-state index is 5.83. The summed E-state index contributed by atoms with van der Waals surface area (Å²) in [6.07, 6.45) is 19.0. The minimum atomic E-state index is 0.274. The fraction of sp³-hybridized carbons (Fsp3) is 0.682. The van der Waals surface area contributed by atoms with Crippen LogP contribution in [0.4, 0.5) is 0 Å². The Morgan fingerprint density at radius 1 is 1.25 bits per heavy atom. The van der Waals surface area contributed by atoms with Gasteiger partial charge in [-0.15, -0.1) is 6.42 Å². The van der Waals surface area contributed by atoms with Crippen LogP contribution >= 0.6 is 0 Å². The molecule has 0 saturated heterocycles. The van der Waals surface area contributed by atoms with Gasteiger partial charge in [-0.3, -0.25) is 0 Å². The van der Waals surface area contributed by atoms with Crippen LogP contribution in [0.5, 0.6) is 0 Å². The van der Waals surface area contributed by atoms with E-state index < -0.39 is 0 Å². The minimum absolute atomic E-state index is 0.274. The molecule has 2 saturated carbocycles. The van der Waals surface area contributed by atoms with E-state index >= 15 is 0 Å². The van der Waals surface area contributed by atoms with Gasteiger partial charge in [0, 0.05) is 23.0 Å². The van der Waals surface area contributed by atoms with Gasteiger partial charge in [0.05, 0.1) is 6.20 Å². The highest BCUT2D eigenvalue weighted by molar-refractivity contribution is 5.38. The van der Waals surface area contributed by atoms with Crippen LogP contribution in [0.25, 0.3) is 0 Å². The van der Waals surface area contributed by atoms with Crippen molar-refractivity contribution in [2.75, 3.05) is 0 Å². The maximum absolute atomic E-state index is 5.83. The van der Waals surface area contributed by atoms with Crippen molar-refractivity contribution in [3.8, 4) is 12.3 Å². The summed E-state index contributed by atoms with van der Waals surface area (Å²) in [5, 5.41) is 4.08. The van der Waals surface area contributed by atoms with Crippen molar-refractivity contribution >= 4 is 0 Å². The molecule has 0 aliphatic heterocycles. The number of aromatic nitrogens is 1. The van der Waals surface area contributed by atoms with Gasteiger partial charge in [-0.05, 0) is 67.6 Å². The van der Waals surface area contributed by atoms with E-state index in [-0.39, 0.29) is 5.41 Å². The van der Waals surface area contributed by atoms with Gasteiger partial charge < -0.3 is 4.52 Å². The molecule has 0 N–H and O–H groups in total. The Labute approximate surface area is 145 Å². The Hall–Kier alpha value is -1.49. The lowest BCUT2D eigenvalue weighted by atomic mass is 9.45. The third-order valence-electron chi connectivity index (χ3n) is 8.53. The lowest BCUT2D eigenvalue weighted by Gasteiger charge is -2.59. The number of hydrogen-bond donors (Lipinski definition) is 0. The summed E-state index contributed by atoms with van der Waals surface area (Å²) >= 11 is 0. The molecule has 126 valence electrons. The van der Waals surface area contributed by atoms with Gasteiger partial charge in [-0.1, -0.05) is 31.0 Å². The number of allylic oxidation sites excluding steroid dienone is 2. The van der Waals surface area contributed by atoms with E-state index in [4.69, 9.17) is 10.9 Å². The van der Waals surface area contributed by atoms with Crippen molar-refractivity contribution in [2.24, 2.45) is 34.5 Å². The number of terminal acetylenes is 1. The third kappa shape index (κ3) is 1.71. The number of nitrogens with zero attached hydrogens (tertiary/aromatic N) is 1. The van der Waals surface area contributed by atoms with Gasteiger partial charge in [-0.25, -0.2) is 0 Å². The highest BCUT2D eigenvalue weighted by Gasteiger charge is 2.58.